The third-order valence-corrected chi connectivity index (χ3v) is 4.60. The molecule has 24 heavy (non-hydrogen) atoms. The molecule has 0 spiro atoms. The number of carbonyl (C=O) groups is 1. The van der Waals surface area contributed by atoms with Crippen LogP contribution in [-0.4, -0.2) is 20.7 Å². The lowest BCUT2D eigenvalue weighted by Crippen LogP contribution is -2.30. The molecule has 2 N–H and O–H groups in total. The van der Waals surface area contributed by atoms with Gasteiger partial charge in [0.1, 0.15) is 6.04 Å². The highest BCUT2D eigenvalue weighted by atomic mass is 16.2. The van der Waals surface area contributed by atoms with E-state index in [-0.39, 0.29) is 11.9 Å². The molecule has 3 rings (SSSR count). The van der Waals surface area contributed by atoms with Gasteiger partial charge in [0.15, 0.2) is 0 Å². The van der Waals surface area contributed by atoms with Gasteiger partial charge in [-0.2, -0.15) is 5.10 Å². The van der Waals surface area contributed by atoms with Crippen molar-refractivity contribution in [3.05, 3.63) is 52.5 Å². The summed E-state index contributed by atoms with van der Waals surface area (Å²) in [4.78, 5) is 15.9. The second-order valence-corrected chi connectivity index (χ2v) is 6.61. The van der Waals surface area contributed by atoms with Crippen molar-refractivity contribution in [2.24, 2.45) is 0 Å². The zero-order valence-electron chi connectivity index (χ0n) is 14.9. The van der Waals surface area contributed by atoms with E-state index in [0.717, 1.165) is 16.6 Å². The molecule has 5 nitrogen and oxygen atoms in total. The molecule has 0 fully saturated rings. The number of nitrogens with zero attached hydrogens (tertiary/aromatic N) is 2. The molecule has 0 aliphatic heterocycles. The Hall–Kier alpha value is -2.56. The summed E-state index contributed by atoms with van der Waals surface area (Å²) in [5, 5.41) is 8.48. The Morgan fingerprint density at radius 2 is 2.00 bits per heavy atom. The van der Waals surface area contributed by atoms with E-state index in [4.69, 9.17) is 0 Å². The van der Waals surface area contributed by atoms with Crippen LogP contribution >= 0.6 is 0 Å². The van der Waals surface area contributed by atoms with Gasteiger partial charge in [0.25, 0.3) is 0 Å². The van der Waals surface area contributed by atoms with Crippen molar-refractivity contribution in [3.8, 4) is 0 Å². The van der Waals surface area contributed by atoms with Crippen molar-refractivity contribution in [1.82, 2.24) is 20.1 Å². The number of aromatic amines is 1. The van der Waals surface area contributed by atoms with Crippen molar-refractivity contribution in [2.75, 3.05) is 0 Å². The molecule has 1 atom stereocenters. The van der Waals surface area contributed by atoms with Gasteiger partial charge in [-0.15, -0.1) is 0 Å². The Labute approximate surface area is 142 Å². The van der Waals surface area contributed by atoms with E-state index in [0.29, 0.717) is 6.54 Å². The quantitative estimate of drug-likeness (QED) is 0.772. The van der Waals surface area contributed by atoms with Gasteiger partial charge in [0.05, 0.1) is 11.7 Å². The van der Waals surface area contributed by atoms with Crippen LogP contribution in [0.5, 0.6) is 0 Å². The van der Waals surface area contributed by atoms with Gasteiger partial charge in [-0.05, 0) is 57.4 Å². The Morgan fingerprint density at radius 3 is 2.67 bits per heavy atom. The van der Waals surface area contributed by atoms with Crippen LogP contribution in [0.25, 0.3) is 10.9 Å². The summed E-state index contributed by atoms with van der Waals surface area (Å²) in [5.74, 6) is -0.0345. The zero-order chi connectivity index (χ0) is 17.4. The fourth-order valence-corrected chi connectivity index (χ4v) is 3.02. The van der Waals surface area contributed by atoms with Crippen LogP contribution in [0.1, 0.15) is 40.9 Å². The monoisotopic (exact) mass is 324 g/mol. The summed E-state index contributed by atoms with van der Waals surface area (Å²) >= 11 is 0. The van der Waals surface area contributed by atoms with E-state index < -0.39 is 0 Å². The maximum Gasteiger partial charge on any atom is 0.244 e. The Morgan fingerprint density at radius 1 is 1.25 bits per heavy atom. The summed E-state index contributed by atoms with van der Waals surface area (Å²) in [5.41, 5.74) is 6.90. The van der Waals surface area contributed by atoms with Crippen molar-refractivity contribution in [2.45, 2.75) is 47.2 Å². The van der Waals surface area contributed by atoms with Crippen LogP contribution in [0.2, 0.25) is 0 Å². The predicted molar refractivity (Wildman–Crippen MR) is 96.0 cm³/mol. The minimum Gasteiger partial charge on any atom is -0.358 e. The van der Waals surface area contributed by atoms with Gasteiger partial charge in [0.2, 0.25) is 5.91 Å². The third-order valence-electron chi connectivity index (χ3n) is 4.60. The molecule has 2 aromatic heterocycles. The number of aromatic nitrogens is 3. The second-order valence-electron chi connectivity index (χ2n) is 6.61. The van der Waals surface area contributed by atoms with E-state index in [2.05, 4.69) is 48.3 Å². The normalized spacial score (nSPS) is 12.5. The Balaban J connectivity index is 1.80. The fraction of sp³-hybridized carbons (Fsp3) is 0.368. The lowest BCUT2D eigenvalue weighted by Gasteiger charge is -2.13. The van der Waals surface area contributed by atoms with E-state index in [1.807, 2.05) is 20.0 Å². The van der Waals surface area contributed by atoms with Crippen LogP contribution < -0.4 is 5.32 Å². The summed E-state index contributed by atoms with van der Waals surface area (Å²) in [6.45, 7) is 10.6. The summed E-state index contributed by atoms with van der Waals surface area (Å²) in [6, 6.07) is 3.99. The Kier molecular flexibility index (Phi) is 4.18. The number of fused-ring (bicyclic) bond motifs is 1. The third kappa shape index (κ3) is 2.94. The van der Waals surface area contributed by atoms with Crippen LogP contribution in [0.3, 0.4) is 0 Å². The minimum absolute atomic E-state index is 0.0345. The standard InChI is InChI=1S/C19H24N4O/c1-11-6-16(18-17(7-11)13(3)14(4)22-18)9-20-19(24)15(5)23-10-12(2)8-21-23/h6-8,10,15,22H,9H2,1-5H3,(H,20,24)/t15-/m1/s1. The van der Waals surface area contributed by atoms with Crippen molar-refractivity contribution in [1.29, 1.82) is 0 Å². The molecule has 0 bridgehead atoms. The smallest absolute Gasteiger partial charge is 0.244 e. The number of benzene rings is 1. The maximum atomic E-state index is 12.4. The summed E-state index contributed by atoms with van der Waals surface area (Å²) < 4.78 is 1.69. The highest BCUT2D eigenvalue weighted by Gasteiger charge is 2.16. The van der Waals surface area contributed by atoms with Gasteiger partial charge >= 0.3 is 0 Å². The number of hydrogen-bond acceptors (Lipinski definition) is 2. The van der Waals surface area contributed by atoms with E-state index in [1.54, 1.807) is 10.9 Å². The second kappa shape index (κ2) is 6.15. The first-order valence-electron chi connectivity index (χ1n) is 8.23. The molecule has 1 amide bonds. The molecule has 0 aliphatic rings. The Bertz CT molecular complexity index is 904. The highest BCUT2D eigenvalue weighted by molar-refractivity contribution is 5.88. The van der Waals surface area contributed by atoms with E-state index in [1.165, 1.54) is 22.2 Å². The first kappa shape index (κ1) is 16.3. The number of amides is 1. The fourth-order valence-electron chi connectivity index (χ4n) is 3.02. The molecule has 0 saturated heterocycles. The van der Waals surface area contributed by atoms with E-state index in [9.17, 15) is 4.79 Å². The highest BCUT2D eigenvalue weighted by Crippen LogP contribution is 2.26. The van der Waals surface area contributed by atoms with Crippen molar-refractivity contribution in [3.63, 3.8) is 0 Å². The lowest BCUT2D eigenvalue weighted by atomic mass is 10.0. The van der Waals surface area contributed by atoms with Crippen LogP contribution in [0, 0.1) is 27.7 Å². The topological polar surface area (TPSA) is 62.7 Å². The largest absolute Gasteiger partial charge is 0.358 e. The average Bonchev–Trinajstić information content (AvgIpc) is 3.09. The van der Waals surface area contributed by atoms with Gasteiger partial charge in [-0.25, -0.2) is 0 Å². The number of hydrogen-bond donors (Lipinski definition) is 2. The van der Waals surface area contributed by atoms with Gasteiger partial charge in [-0.1, -0.05) is 11.6 Å². The first-order chi connectivity index (χ1) is 11.4. The molecule has 0 unspecified atom stereocenters. The van der Waals surface area contributed by atoms with Gasteiger partial charge in [-0.3, -0.25) is 9.48 Å². The summed E-state index contributed by atoms with van der Waals surface area (Å²) in [6.07, 6.45) is 3.64. The summed E-state index contributed by atoms with van der Waals surface area (Å²) in [7, 11) is 0. The van der Waals surface area contributed by atoms with Crippen LogP contribution in [0.4, 0.5) is 0 Å². The molecule has 0 radical (unpaired) electrons. The zero-order valence-corrected chi connectivity index (χ0v) is 14.9. The van der Waals surface area contributed by atoms with Crippen LogP contribution in [0.15, 0.2) is 24.5 Å². The molecule has 0 aliphatic carbocycles. The molecule has 2 heterocycles. The first-order valence-corrected chi connectivity index (χ1v) is 8.23. The maximum absolute atomic E-state index is 12.4. The number of carbonyl (C=O) groups excluding carboxylic acids is 1. The predicted octanol–water partition coefficient (Wildman–Crippen LogP) is 3.48. The molecule has 3 aromatic rings. The molecular formula is C19H24N4O. The molecule has 1 aromatic carbocycles. The van der Waals surface area contributed by atoms with Gasteiger partial charge < -0.3 is 10.3 Å². The number of nitrogens with one attached hydrogen (secondary N) is 2. The molecular weight excluding hydrogens is 300 g/mol. The number of rotatable bonds is 4. The molecule has 126 valence electrons. The number of H-pyrrole nitrogens is 1. The molecule has 0 saturated carbocycles. The van der Waals surface area contributed by atoms with Crippen molar-refractivity contribution >= 4 is 16.8 Å². The average molecular weight is 324 g/mol. The lowest BCUT2D eigenvalue weighted by molar-refractivity contribution is -0.124. The van der Waals surface area contributed by atoms with Crippen LogP contribution in [-0.2, 0) is 11.3 Å². The molecule has 5 heteroatoms. The van der Waals surface area contributed by atoms with E-state index >= 15 is 0 Å². The van der Waals surface area contributed by atoms with Crippen molar-refractivity contribution < 1.29 is 4.79 Å². The van der Waals surface area contributed by atoms with Gasteiger partial charge in [0, 0.05) is 23.8 Å². The SMILES string of the molecule is Cc1cc(CNC(=O)[C@@H](C)n2cc(C)cn2)c2[nH]c(C)c(C)c2c1. The number of aryl methyl sites for hydroxylation is 4. The minimum atomic E-state index is -0.328.